The highest BCUT2D eigenvalue weighted by Crippen LogP contribution is 1.96. The Balaban J connectivity index is 0.000000321. The summed E-state index contributed by atoms with van der Waals surface area (Å²) in [4.78, 5) is 12.7. The Hall–Kier alpha value is -1.35. The van der Waals surface area contributed by atoms with Crippen molar-refractivity contribution in [2.45, 2.75) is 33.6 Å². The Kier molecular flexibility index (Phi) is 9.97. The van der Waals surface area contributed by atoms with Gasteiger partial charge in [-0.05, 0) is 38.2 Å². The van der Waals surface area contributed by atoms with Crippen LogP contribution < -0.4 is 0 Å². The molecule has 0 bridgehead atoms. The maximum absolute atomic E-state index is 10.2. The van der Waals surface area contributed by atoms with Crippen LogP contribution in [0.3, 0.4) is 0 Å². The standard InChI is InChI=1S/C8H19N.C7H6O2/c1-4-7-8-9(5-2)6-3;8-7(9)6-4-2-1-3-5-6/h4-8H2,1-3H3;1-5H,(H,8,9). The van der Waals surface area contributed by atoms with E-state index in [4.69, 9.17) is 5.11 Å². The minimum Gasteiger partial charge on any atom is -0.478 e. The van der Waals surface area contributed by atoms with Crippen LogP contribution in [0, 0.1) is 0 Å². The van der Waals surface area contributed by atoms with Gasteiger partial charge >= 0.3 is 5.97 Å². The van der Waals surface area contributed by atoms with Crippen LogP contribution in [-0.2, 0) is 0 Å². The van der Waals surface area contributed by atoms with Gasteiger partial charge in [0.1, 0.15) is 0 Å². The van der Waals surface area contributed by atoms with Gasteiger partial charge in [0, 0.05) is 0 Å². The Morgan fingerprint density at radius 3 is 2.00 bits per heavy atom. The van der Waals surface area contributed by atoms with Crippen LogP contribution in [0.2, 0.25) is 0 Å². The van der Waals surface area contributed by atoms with E-state index in [9.17, 15) is 4.79 Å². The van der Waals surface area contributed by atoms with E-state index in [2.05, 4.69) is 25.7 Å². The van der Waals surface area contributed by atoms with E-state index in [1.54, 1.807) is 30.3 Å². The minimum atomic E-state index is -0.879. The number of rotatable bonds is 6. The lowest BCUT2D eigenvalue weighted by Gasteiger charge is -2.16. The summed E-state index contributed by atoms with van der Waals surface area (Å²) in [6.07, 6.45) is 2.66. The second kappa shape index (κ2) is 10.8. The summed E-state index contributed by atoms with van der Waals surface area (Å²) in [5.74, 6) is -0.879. The molecule has 102 valence electrons. The Bertz CT molecular complexity index is 308. The lowest BCUT2D eigenvalue weighted by Crippen LogP contribution is -2.23. The predicted octanol–water partition coefficient (Wildman–Crippen LogP) is 3.51. The van der Waals surface area contributed by atoms with Crippen molar-refractivity contribution in [1.82, 2.24) is 4.90 Å². The summed E-state index contributed by atoms with van der Waals surface area (Å²) in [6, 6.07) is 8.30. The minimum absolute atomic E-state index is 0.331. The molecule has 0 aliphatic carbocycles. The summed E-state index contributed by atoms with van der Waals surface area (Å²) >= 11 is 0. The molecule has 0 aromatic heterocycles. The molecule has 0 saturated heterocycles. The van der Waals surface area contributed by atoms with Crippen molar-refractivity contribution in [3.8, 4) is 0 Å². The molecular weight excluding hydrogens is 226 g/mol. The van der Waals surface area contributed by atoms with Crippen LogP contribution in [0.15, 0.2) is 30.3 Å². The van der Waals surface area contributed by atoms with E-state index in [1.807, 2.05) is 0 Å². The van der Waals surface area contributed by atoms with Crippen LogP contribution in [0.1, 0.15) is 44.0 Å². The number of nitrogens with zero attached hydrogens (tertiary/aromatic N) is 1. The third kappa shape index (κ3) is 7.85. The van der Waals surface area contributed by atoms with Gasteiger partial charge in [0.15, 0.2) is 0 Å². The maximum Gasteiger partial charge on any atom is 0.335 e. The number of benzene rings is 1. The average Bonchev–Trinajstić information content (AvgIpc) is 2.42. The molecule has 0 heterocycles. The average molecular weight is 251 g/mol. The first-order chi connectivity index (χ1) is 8.65. The zero-order valence-corrected chi connectivity index (χ0v) is 11.7. The molecule has 0 atom stereocenters. The van der Waals surface area contributed by atoms with Crippen molar-refractivity contribution >= 4 is 5.97 Å². The number of hydrogen-bond donors (Lipinski definition) is 1. The Labute approximate surface area is 110 Å². The fourth-order valence-corrected chi connectivity index (χ4v) is 1.50. The van der Waals surface area contributed by atoms with E-state index in [0.29, 0.717) is 5.56 Å². The quantitative estimate of drug-likeness (QED) is 0.841. The lowest BCUT2D eigenvalue weighted by molar-refractivity contribution is 0.0697. The first-order valence-corrected chi connectivity index (χ1v) is 6.66. The summed E-state index contributed by atoms with van der Waals surface area (Å²) in [5.41, 5.74) is 0.331. The van der Waals surface area contributed by atoms with Gasteiger partial charge < -0.3 is 10.0 Å². The molecule has 0 aliphatic heterocycles. The largest absolute Gasteiger partial charge is 0.478 e. The summed E-state index contributed by atoms with van der Waals surface area (Å²) < 4.78 is 0. The van der Waals surface area contributed by atoms with Gasteiger partial charge in [-0.1, -0.05) is 45.4 Å². The Morgan fingerprint density at radius 1 is 1.11 bits per heavy atom. The highest BCUT2D eigenvalue weighted by molar-refractivity contribution is 5.87. The number of unbranched alkanes of at least 4 members (excludes halogenated alkanes) is 1. The van der Waals surface area contributed by atoms with Crippen LogP contribution >= 0.6 is 0 Å². The van der Waals surface area contributed by atoms with Gasteiger partial charge in [0.25, 0.3) is 0 Å². The number of carboxylic acids is 1. The molecule has 0 unspecified atom stereocenters. The first-order valence-electron chi connectivity index (χ1n) is 6.66. The van der Waals surface area contributed by atoms with Gasteiger partial charge in [-0.25, -0.2) is 4.79 Å². The van der Waals surface area contributed by atoms with Crippen molar-refractivity contribution in [1.29, 1.82) is 0 Å². The zero-order valence-electron chi connectivity index (χ0n) is 11.7. The van der Waals surface area contributed by atoms with E-state index < -0.39 is 5.97 Å². The van der Waals surface area contributed by atoms with Crippen molar-refractivity contribution < 1.29 is 9.90 Å². The highest BCUT2D eigenvalue weighted by Gasteiger charge is 1.96. The Morgan fingerprint density at radius 2 is 1.67 bits per heavy atom. The maximum atomic E-state index is 10.2. The summed E-state index contributed by atoms with van der Waals surface area (Å²) in [7, 11) is 0. The van der Waals surface area contributed by atoms with Crippen molar-refractivity contribution in [3.63, 3.8) is 0 Å². The second-order valence-electron chi connectivity index (χ2n) is 4.05. The molecule has 1 aromatic carbocycles. The van der Waals surface area contributed by atoms with Gasteiger partial charge in [-0.15, -0.1) is 0 Å². The molecule has 1 aromatic rings. The second-order valence-corrected chi connectivity index (χ2v) is 4.05. The third-order valence-corrected chi connectivity index (χ3v) is 2.74. The van der Waals surface area contributed by atoms with Crippen LogP contribution in [-0.4, -0.2) is 35.6 Å². The third-order valence-electron chi connectivity index (χ3n) is 2.74. The molecule has 0 fully saturated rings. The smallest absolute Gasteiger partial charge is 0.335 e. The SMILES string of the molecule is CCCCN(CC)CC.O=C(O)c1ccccc1. The number of hydrogen-bond acceptors (Lipinski definition) is 2. The van der Waals surface area contributed by atoms with Crippen LogP contribution in [0.25, 0.3) is 0 Å². The fraction of sp³-hybridized carbons (Fsp3) is 0.533. The molecular formula is C15H25NO2. The molecule has 0 radical (unpaired) electrons. The van der Waals surface area contributed by atoms with Gasteiger partial charge in [0.05, 0.1) is 5.56 Å². The zero-order chi connectivity index (χ0) is 13.8. The number of carbonyl (C=O) groups is 1. The molecule has 0 aliphatic rings. The lowest BCUT2D eigenvalue weighted by atomic mass is 10.2. The van der Waals surface area contributed by atoms with Crippen molar-refractivity contribution in [3.05, 3.63) is 35.9 Å². The van der Waals surface area contributed by atoms with Gasteiger partial charge in [-0.2, -0.15) is 0 Å². The van der Waals surface area contributed by atoms with E-state index >= 15 is 0 Å². The van der Waals surface area contributed by atoms with E-state index in [1.165, 1.54) is 32.5 Å². The monoisotopic (exact) mass is 251 g/mol. The van der Waals surface area contributed by atoms with Crippen molar-refractivity contribution in [2.75, 3.05) is 19.6 Å². The molecule has 0 amide bonds. The van der Waals surface area contributed by atoms with Gasteiger partial charge in [0.2, 0.25) is 0 Å². The molecule has 1 rings (SSSR count). The summed E-state index contributed by atoms with van der Waals surface area (Å²) in [6.45, 7) is 10.4. The molecule has 3 heteroatoms. The highest BCUT2D eigenvalue weighted by atomic mass is 16.4. The normalized spacial score (nSPS) is 9.78. The van der Waals surface area contributed by atoms with Gasteiger partial charge in [-0.3, -0.25) is 0 Å². The van der Waals surface area contributed by atoms with E-state index in [0.717, 1.165) is 0 Å². The molecule has 0 saturated carbocycles. The number of carboxylic acid groups (broad SMARTS) is 1. The van der Waals surface area contributed by atoms with Crippen LogP contribution in [0.4, 0.5) is 0 Å². The first kappa shape index (κ1) is 16.6. The molecule has 3 nitrogen and oxygen atoms in total. The topological polar surface area (TPSA) is 40.5 Å². The summed E-state index contributed by atoms with van der Waals surface area (Å²) in [5, 5.41) is 8.38. The van der Waals surface area contributed by atoms with E-state index in [-0.39, 0.29) is 0 Å². The van der Waals surface area contributed by atoms with Crippen molar-refractivity contribution in [2.24, 2.45) is 0 Å². The number of aromatic carboxylic acids is 1. The molecule has 18 heavy (non-hydrogen) atoms. The van der Waals surface area contributed by atoms with Crippen LogP contribution in [0.5, 0.6) is 0 Å². The molecule has 0 spiro atoms. The molecule has 1 N–H and O–H groups in total. The fourth-order valence-electron chi connectivity index (χ4n) is 1.50. The predicted molar refractivity (Wildman–Crippen MR) is 76.1 cm³/mol.